The lowest BCUT2D eigenvalue weighted by atomic mass is 9.97. The maximum Gasteiger partial charge on any atom is 0.0618 e. The quantitative estimate of drug-likeness (QED) is 0.776. The van der Waals surface area contributed by atoms with Crippen molar-refractivity contribution >= 4 is 27.3 Å². The van der Waals surface area contributed by atoms with Crippen LogP contribution < -0.4 is 10.2 Å². The number of benzene rings is 1. The molecule has 0 atom stereocenters. The molecule has 1 aliphatic rings. The van der Waals surface area contributed by atoms with Crippen molar-refractivity contribution in [1.82, 2.24) is 0 Å². The van der Waals surface area contributed by atoms with Crippen molar-refractivity contribution in [3.63, 3.8) is 0 Å². The first-order chi connectivity index (χ1) is 6.92. The molecule has 0 unspecified atom stereocenters. The van der Waals surface area contributed by atoms with E-state index in [1.807, 2.05) is 0 Å². The fourth-order valence-corrected chi connectivity index (χ4v) is 2.53. The van der Waals surface area contributed by atoms with E-state index in [0.717, 1.165) is 11.0 Å². The van der Waals surface area contributed by atoms with Crippen LogP contribution in [0.2, 0.25) is 0 Å². The Kier molecular flexibility index (Phi) is 2.45. The number of hydrogen-bond acceptors (Lipinski definition) is 2. The van der Waals surface area contributed by atoms with E-state index < -0.39 is 0 Å². The van der Waals surface area contributed by atoms with Crippen LogP contribution in [0, 0.1) is 6.92 Å². The molecule has 0 radical (unpaired) electrons. The Labute approximate surface area is 99.8 Å². The molecule has 3 heteroatoms. The Morgan fingerprint density at radius 2 is 2.07 bits per heavy atom. The van der Waals surface area contributed by atoms with Crippen LogP contribution >= 0.6 is 15.9 Å². The molecule has 1 aromatic carbocycles. The number of halogens is 1. The van der Waals surface area contributed by atoms with Gasteiger partial charge in [0.2, 0.25) is 0 Å². The lowest BCUT2D eigenvalue weighted by Gasteiger charge is -2.43. The molecule has 1 N–H and O–H groups in total. The molecule has 2 rings (SSSR count). The Hall–Kier alpha value is -0.700. The van der Waals surface area contributed by atoms with Gasteiger partial charge in [-0.15, -0.1) is 0 Å². The fourth-order valence-electron chi connectivity index (χ4n) is 1.97. The second-order valence-electron chi connectivity index (χ2n) is 4.84. The molecule has 0 saturated carbocycles. The molecule has 15 heavy (non-hydrogen) atoms. The van der Waals surface area contributed by atoms with E-state index in [1.54, 1.807) is 0 Å². The van der Waals surface area contributed by atoms with Gasteiger partial charge in [0.1, 0.15) is 0 Å². The summed E-state index contributed by atoms with van der Waals surface area (Å²) in [5.74, 6) is 0. The van der Waals surface area contributed by atoms with Crippen molar-refractivity contribution in [2.45, 2.75) is 26.3 Å². The van der Waals surface area contributed by atoms with Gasteiger partial charge in [0.25, 0.3) is 0 Å². The average molecular weight is 269 g/mol. The third kappa shape index (κ3) is 1.73. The molecule has 1 heterocycles. The lowest BCUT2D eigenvalue weighted by Crippen LogP contribution is -2.50. The molecular formula is C12H17BrN2. The van der Waals surface area contributed by atoms with Gasteiger partial charge < -0.3 is 10.2 Å². The van der Waals surface area contributed by atoms with Crippen molar-refractivity contribution in [3.8, 4) is 0 Å². The maximum atomic E-state index is 3.55. The predicted octanol–water partition coefficient (Wildman–Crippen LogP) is 3.40. The second kappa shape index (κ2) is 3.41. The zero-order chi connectivity index (χ0) is 11.2. The highest BCUT2D eigenvalue weighted by Crippen LogP contribution is 2.38. The van der Waals surface area contributed by atoms with Crippen LogP contribution in [0.1, 0.15) is 19.4 Å². The maximum absolute atomic E-state index is 3.55. The summed E-state index contributed by atoms with van der Waals surface area (Å²) in [4.78, 5) is 2.34. The van der Waals surface area contributed by atoms with Crippen molar-refractivity contribution < 1.29 is 0 Å². The van der Waals surface area contributed by atoms with Crippen LogP contribution in [0.25, 0.3) is 0 Å². The summed E-state index contributed by atoms with van der Waals surface area (Å²) < 4.78 is 1.14. The minimum Gasteiger partial charge on any atom is -0.381 e. The zero-order valence-electron chi connectivity index (χ0n) is 9.69. The number of likely N-dealkylation sites (N-methyl/N-ethyl adjacent to an activating group) is 1. The molecule has 0 saturated heterocycles. The first kappa shape index (κ1) is 10.8. The molecule has 0 fully saturated rings. The molecule has 1 aliphatic heterocycles. The summed E-state index contributed by atoms with van der Waals surface area (Å²) >= 11 is 3.55. The molecule has 0 amide bonds. The Bertz CT molecular complexity index is 399. The fraction of sp³-hybridized carbons (Fsp3) is 0.500. The number of nitrogens with zero attached hydrogens (tertiary/aromatic N) is 1. The summed E-state index contributed by atoms with van der Waals surface area (Å²) in [6, 6.07) is 4.33. The van der Waals surface area contributed by atoms with Crippen molar-refractivity contribution in [3.05, 3.63) is 22.2 Å². The highest BCUT2D eigenvalue weighted by Gasteiger charge is 2.30. The molecule has 0 aliphatic carbocycles. The van der Waals surface area contributed by atoms with Gasteiger partial charge in [-0.05, 0) is 38.5 Å². The van der Waals surface area contributed by atoms with Gasteiger partial charge in [0.15, 0.2) is 0 Å². The first-order valence-electron chi connectivity index (χ1n) is 5.20. The summed E-state index contributed by atoms with van der Waals surface area (Å²) in [7, 11) is 2.16. The number of hydrogen-bond donors (Lipinski definition) is 1. The minimum absolute atomic E-state index is 0.167. The smallest absolute Gasteiger partial charge is 0.0618 e. The van der Waals surface area contributed by atoms with Gasteiger partial charge in [-0.2, -0.15) is 0 Å². The average Bonchev–Trinajstić information content (AvgIpc) is 2.12. The molecule has 0 aromatic heterocycles. The van der Waals surface area contributed by atoms with Crippen LogP contribution in [0.5, 0.6) is 0 Å². The second-order valence-corrected chi connectivity index (χ2v) is 5.76. The summed E-state index contributed by atoms with van der Waals surface area (Å²) in [5.41, 5.74) is 4.00. The number of fused-ring (bicyclic) bond motifs is 1. The standard InChI is InChI=1S/C12H17BrN2/c1-8-5-9(13)6-10-11(8)14-7-12(2,3)15(10)4/h5-6,14H,7H2,1-4H3. The van der Waals surface area contributed by atoms with Crippen LogP contribution in [0.3, 0.4) is 0 Å². The molecule has 1 aromatic rings. The topological polar surface area (TPSA) is 15.3 Å². The highest BCUT2D eigenvalue weighted by molar-refractivity contribution is 9.10. The van der Waals surface area contributed by atoms with E-state index in [4.69, 9.17) is 0 Å². The molecule has 0 spiro atoms. The van der Waals surface area contributed by atoms with Crippen LogP contribution in [-0.2, 0) is 0 Å². The van der Waals surface area contributed by atoms with Gasteiger partial charge >= 0.3 is 0 Å². The summed E-state index contributed by atoms with van der Waals surface area (Å²) in [5, 5.41) is 3.52. The number of nitrogens with one attached hydrogen (secondary N) is 1. The van der Waals surface area contributed by atoms with Crippen molar-refractivity contribution in [1.29, 1.82) is 0 Å². The van der Waals surface area contributed by atoms with E-state index >= 15 is 0 Å². The summed E-state index contributed by atoms with van der Waals surface area (Å²) in [6.07, 6.45) is 0. The SMILES string of the molecule is Cc1cc(Br)cc2c1NCC(C)(C)N2C. The number of anilines is 2. The normalized spacial score (nSPS) is 18.3. The lowest BCUT2D eigenvalue weighted by molar-refractivity contribution is 0.502. The molecule has 82 valence electrons. The van der Waals surface area contributed by atoms with Crippen molar-refractivity contribution in [2.75, 3.05) is 23.8 Å². The number of aryl methyl sites for hydroxylation is 1. The molecule has 0 bridgehead atoms. The van der Waals surface area contributed by atoms with Gasteiger partial charge in [-0.25, -0.2) is 0 Å². The zero-order valence-corrected chi connectivity index (χ0v) is 11.3. The third-order valence-corrected chi connectivity index (χ3v) is 3.70. The van der Waals surface area contributed by atoms with E-state index in [-0.39, 0.29) is 5.54 Å². The van der Waals surface area contributed by atoms with Crippen molar-refractivity contribution in [2.24, 2.45) is 0 Å². The van der Waals surface area contributed by atoms with Gasteiger partial charge in [0, 0.05) is 18.1 Å². The van der Waals surface area contributed by atoms with E-state index in [2.05, 4.69) is 66.1 Å². The molecular weight excluding hydrogens is 252 g/mol. The van der Waals surface area contributed by atoms with Crippen LogP contribution in [0.4, 0.5) is 11.4 Å². The monoisotopic (exact) mass is 268 g/mol. The van der Waals surface area contributed by atoms with Gasteiger partial charge in [-0.3, -0.25) is 0 Å². The van der Waals surface area contributed by atoms with Gasteiger partial charge in [-0.1, -0.05) is 15.9 Å². The Balaban J connectivity index is 2.56. The minimum atomic E-state index is 0.167. The predicted molar refractivity (Wildman–Crippen MR) is 69.9 cm³/mol. The molecule has 2 nitrogen and oxygen atoms in total. The first-order valence-corrected chi connectivity index (χ1v) is 5.99. The Morgan fingerprint density at radius 3 is 2.73 bits per heavy atom. The highest BCUT2D eigenvalue weighted by atomic mass is 79.9. The summed E-state index contributed by atoms with van der Waals surface area (Å²) in [6.45, 7) is 7.63. The Morgan fingerprint density at radius 1 is 1.40 bits per heavy atom. The van der Waals surface area contributed by atoms with E-state index in [1.165, 1.54) is 16.9 Å². The van der Waals surface area contributed by atoms with E-state index in [0.29, 0.717) is 0 Å². The van der Waals surface area contributed by atoms with Crippen LogP contribution in [0.15, 0.2) is 16.6 Å². The van der Waals surface area contributed by atoms with Gasteiger partial charge in [0.05, 0.1) is 16.9 Å². The third-order valence-electron chi connectivity index (χ3n) is 3.25. The van der Waals surface area contributed by atoms with E-state index in [9.17, 15) is 0 Å². The number of rotatable bonds is 0. The van der Waals surface area contributed by atoms with Crippen LogP contribution in [-0.4, -0.2) is 19.1 Å². The largest absolute Gasteiger partial charge is 0.381 e.